The van der Waals surface area contributed by atoms with Crippen LogP contribution in [0.15, 0.2) is 0 Å². The van der Waals surface area contributed by atoms with Crippen molar-refractivity contribution in [2.45, 2.75) is 46.6 Å². The lowest BCUT2D eigenvalue weighted by molar-refractivity contribution is -0.125. The van der Waals surface area contributed by atoms with Gasteiger partial charge in [0.05, 0.1) is 6.04 Å². The summed E-state index contributed by atoms with van der Waals surface area (Å²) in [6, 6.07) is 0.0693. The summed E-state index contributed by atoms with van der Waals surface area (Å²) in [5, 5.41) is 6.14. The Morgan fingerprint density at radius 1 is 1.53 bits per heavy atom. The quantitative estimate of drug-likeness (QED) is 0.726. The Bertz CT molecular complexity index is 220. The normalized spacial score (nSPS) is 21.3. The van der Waals surface area contributed by atoms with Crippen molar-refractivity contribution < 1.29 is 4.79 Å². The van der Waals surface area contributed by atoms with Gasteiger partial charge in [-0.3, -0.25) is 4.79 Å². The molecule has 3 nitrogen and oxygen atoms in total. The molecule has 1 saturated heterocycles. The molecule has 0 unspecified atom stereocenters. The Hall–Kier alpha value is -0.570. The van der Waals surface area contributed by atoms with E-state index in [9.17, 15) is 4.79 Å². The van der Waals surface area contributed by atoms with E-state index in [1.807, 2.05) is 0 Å². The Kier molecular flexibility index (Phi) is 4.14. The van der Waals surface area contributed by atoms with E-state index in [4.69, 9.17) is 0 Å². The van der Waals surface area contributed by atoms with Crippen molar-refractivity contribution in [1.82, 2.24) is 10.6 Å². The SMILES string of the molecule is CC(C)CC(C)(C)CNC(=O)[C@H]1CCN1. The molecule has 88 valence electrons. The topological polar surface area (TPSA) is 41.1 Å². The third-order valence-corrected chi connectivity index (χ3v) is 2.84. The Labute approximate surface area is 93.0 Å². The zero-order valence-corrected chi connectivity index (χ0v) is 10.4. The highest BCUT2D eigenvalue weighted by molar-refractivity contribution is 5.82. The maximum Gasteiger partial charge on any atom is 0.237 e. The second-order valence-electron chi connectivity index (χ2n) is 5.78. The molecular weight excluding hydrogens is 188 g/mol. The Morgan fingerprint density at radius 2 is 2.13 bits per heavy atom. The molecule has 0 aromatic heterocycles. The van der Waals surface area contributed by atoms with Crippen molar-refractivity contribution in [1.29, 1.82) is 0 Å². The fraction of sp³-hybridized carbons (Fsp3) is 0.917. The van der Waals surface area contributed by atoms with Gasteiger partial charge in [-0.05, 0) is 30.7 Å². The average Bonchev–Trinajstić information content (AvgIpc) is 1.95. The van der Waals surface area contributed by atoms with Gasteiger partial charge < -0.3 is 10.6 Å². The fourth-order valence-corrected chi connectivity index (χ4v) is 2.14. The summed E-state index contributed by atoms with van der Waals surface area (Å²) < 4.78 is 0. The van der Waals surface area contributed by atoms with Crippen LogP contribution >= 0.6 is 0 Å². The standard InChI is InChI=1S/C12H24N2O/c1-9(2)7-12(3,4)8-14-11(15)10-5-6-13-10/h9-10,13H,5-8H2,1-4H3,(H,14,15)/t10-/m1/s1. The first kappa shape index (κ1) is 12.5. The van der Waals surface area contributed by atoms with Crippen LogP contribution in [-0.4, -0.2) is 25.0 Å². The van der Waals surface area contributed by atoms with E-state index in [1.165, 1.54) is 0 Å². The molecule has 0 saturated carbocycles. The molecule has 1 rings (SSSR count). The molecule has 0 aliphatic carbocycles. The minimum atomic E-state index is 0.0693. The third-order valence-electron chi connectivity index (χ3n) is 2.84. The molecule has 0 aromatic carbocycles. The second-order valence-corrected chi connectivity index (χ2v) is 5.78. The van der Waals surface area contributed by atoms with E-state index in [-0.39, 0.29) is 17.4 Å². The second kappa shape index (κ2) is 4.97. The van der Waals surface area contributed by atoms with Gasteiger partial charge in [0.2, 0.25) is 5.91 Å². The summed E-state index contributed by atoms with van der Waals surface area (Å²) in [6.45, 7) is 10.6. The molecule has 2 N–H and O–H groups in total. The third kappa shape index (κ3) is 4.20. The van der Waals surface area contributed by atoms with Crippen LogP contribution in [0.3, 0.4) is 0 Å². The number of hydrogen-bond acceptors (Lipinski definition) is 2. The van der Waals surface area contributed by atoms with Gasteiger partial charge in [0.15, 0.2) is 0 Å². The van der Waals surface area contributed by atoms with E-state index in [0.29, 0.717) is 5.92 Å². The predicted octanol–water partition coefficient (Wildman–Crippen LogP) is 1.54. The highest BCUT2D eigenvalue weighted by Gasteiger charge is 2.26. The van der Waals surface area contributed by atoms with Crippen LogP contribution in [0.25, 0.3) is 0 Å². The highest BCUT2D eigenvalue weighted by atomic mass is 16.2. The molecule has 15 heavy (non-hydrogen) atoms. The van der Waals surface area contributed by atoms with E-state index in [2.05, 4.69) is 38.3 Å². The van der Waals surface area contributed by atoms with Crippen LogP contribution in [0.2, 0.25) is 0 Å². The summed E-state index contributed by atoms with van der Waals surface area (Å²) >= 11 is 0. The van der Waals surface area contributed by atoms with Crippen LogP contribution in [0.1, 0.15) is 40.5 Å². The molecule has 1 aliphatic rings. The first-order valence-corrected chi connectivity index (χ1v) is 5.92. The zero-order valence-electron chi connectivity index (χ0n) is 10.4. The lowest BCUT2D eigenvalue weighted by Gasteiger charge is -2.30. The summed E-state index contributed by atoms with van der Waals surface area (Å²) in [5.74, 6) is 0.844. The van der Waals surface area contributed by atoms with Gasteiger partial charge >= 0.3 is 0 Å². The van der Waals surface area contributed by atoms with E-state index in [0.717, 1.165) is 25.9 Å². The summed E-state index contributed by atoms with van der Waals surface area (Å²) in [7, 11) is 0. The maximum atomic E-state index is 11.6. The molecule has 3 heteroatoms. The first-order valence-electron chi connectivity index (χ1n) is 5.92. The molecule has 1 amide bonds. The number of hydrogen-bond donors (Lipinski definition) is 2. The lowest BCUT2D eigenvalue weighted by Crippen LogP contribution is -2.54. The molecule has 0 aromatic rings. The highest BCUT2D eigenvalue weighted by Crippen LogP contribution is 2.24. The minimum Gasteiger partial charge on any atom is -0.354 e. The largest absolute Gasteiger partial charge is 0.354 e. The Balaban J connectivity index is 2.25. The van der Waals surface area contributed by atoms with Crippen molar-refractivity contribution in [2.75, 3.05) is 13.1 Å². The van der Waals surface area contributed by atoms with E-state index >= 15 is 0 Å². The molecule has 1 heterocycles. The smallest absolute Gasteiger partial charge is 0.237 e. The number of amides is 1. The molecule has 0 spiro atoms. The molecule has 1 atom stereocenters. The van der Waals surface area contributed by atoms with E-state index in [1.54, 1.807) is 0 Å². The number of rotatable bonds is 5. The molecule has 0 radical (unpaired) electrons. The molecule has 0 bridgehead atoms. The van der Waals surface area contributed by atoms with Gasteiger partial charge in [-0.25, -0.2) is 0 Å². The summed E-state index contributed by atoms with van der Waals surface area (Å²) in [6.07, 6.45) is 2.13. The summed E-state index contributed by atoms with van der Waals surface area (Å²) in [4.78, 5) is 11.6. The van der Waals surface area contributed by atoms with Crippen molar-refractivity contribution >= 4 is 5.91 Å². The molecular formula is C12H24N2O. The minimum absolute atomic E-state index is 0.0693. The van der Waals surface area contributed by atoms with Gasteiger partial charge in [-0.2, -0.15) is 0 Å². The number of nitrogens with one attached hydrogen (secondary N) is 2. The van der Waals surface area contributed by atoms with Gasteiger partial charge in [0.25, 0.3) is 0 Å². The van der Waals surface area contributed by atoms with Gasteiger partial charge in [-0.1, -0.05) is 27.7 Å². The first-order chi connectivity index (χ1) is 6.91. The summed E-state index contributed by atoms with van der Waals surface area (Å²) in [5.41, 5.74) is 0.202. The lowest BCUT2D eigenvalue weighted by atomic mass is 9.84. The van der Waals surface area contributed by atoms with Gasteiger partial charge in [0, 0.05) is 6.54 Å². The molecule has 1 fully saturated rings. The van der Waals surface area contributed by atoms with Crippen LogP contribution in [0, 0.1) is 11.3 Å². The predicted molar refractivity (Wildman–Crippen MR) is 62.7 cm³/mol. The number of carbonyl (C=O) groups is 1. The number of carbonyl (C=O) groups excluding carboxylic acids is 1. The monoisotopic (exact) mass is 212 g/mol. The van der Waals surface area contributed by atoms with Crippen molar-refractivity contribution in [3.63, 3.8) is 0 Å². The van der Waals surface area contributed by atoms with Crippen molar-refractivity contribution in [3.8, 4) is 0 Å². The van der Waals surface area contributed by atoms with Crippen LogP contribution < -0.4 is 10.6 Å². The Morgan fingerprint density at radius 3 is 2.53 bits per heavy atom. The zero-order chi connectivity index (χ0) is 11.5. The van der Waals surface area contributed by atoms with Crippen LogP contribution in [-0.2, 0) is 4.79 Å². The van der Waals surface area contributed by atoms with Gasteiger partial charge in [0.1, 0.15) is 0 Å². The maximum absolute atomic E-state index is 11.6. The average molecular weight is 212 g/mol. The van der Waals surface area contributed by atoms with Crippen molar-refractivity contribution in [2.24, 2.45) is 11.3 Å². The fourth-order valence-electron chi connectivity index (χ4n) is 2.14. The van der Waals surface area contributed by atoms with Crippen LogP contribution in [0.5, 0.6) is 0 Å². The van der Waals surface area contributed by atoms with Gasteiger partial charge in [-0.15, -0.1) is 0 Å². The van der Waals surface area contributed by atoms with Crippen LogP contribution in [0.4, 0.5) is 0 Å². The van der Waals surface area contributed by atoms with E-state index < -0.39 is 0 Å². The van der Waals surface area contributed by atoms with Crippen molar-refractivity contribution in [3.05, 3.63) is 0 Å². The molecule has 1 aliphatic heterocycles.